The molecule has 1 atom stereocenters. The normalized spacial score (nSPS) is 17.1. The summed E-state index contributed by atoms with van der Waals surface area (Å²) in [7, 11) is 0. The first-order valence-corrected chi connectivity index (χ1v) is 7.61. The molecule has 2 aromatic carbocycles. The smallest absolute Gasteiger partial charge is 0.348 e. The summed E-state index contributed by atoms with van der Waals surface area (Å²) in [6.45, 7) is 0. The Morgan fingerprint density at radius 1 is 1.09 bits per heavy atom. The molecule has 2 N–H and O–H groups in total. The van der Waals surface area contributed by atoms with Gasteiger partial charge in [0.1, 0.15) is 0 Å². The predicted molar refractivity (Wildman–Crippen MR) is 87.7 cm³/mol. The molecule has 0 aliphatic carbocycles. The van der Waals surface area contributed by atoms with Crippen molar-refractivity contribution < 1.29 is 19.4 Å². The number of benzene rings is 2. The molecule has 0 saturated carbocycles. The first kappa shape index (κ1) is 15.3. The van der Waals surface area contributed by atoms with E-state index in [2.05, 4.69) is 21.2 Å². The number of carbonyl (C=O) groups is 2. The van der Waals surface area contributed by atoms with E-state index in [1.54, 1.807) is 48.5 Å². The minimum absolute atomic E-state index is 0.373. The third kappa shape index (κ3) is 3.12. The van der Waals surface area contributed by atoms with Gasteiger partial charge in [0.25, 0.3) is 5.91 Å². The maximum absolute atomic E-state index is 12.3. The average Bonchev–Trinajstić information content (AvgIpc) is 2.85. The molecule has 0 saturated heterocycles. The van der Waals surface area contributed by atoms with E-state index in [0.29, 0.717) is 11.3 Å². The van der Waals surface area contributed by atoms with E-state index in [1.807, 2.05) is 6.07 Å². The number of amides is 1. The lowest BCUT2D eigenvalue weighted by Crippen LogP contribution is -2.19. The molecule has 1 aliphatic rings. The monoisotopic (exact) mass is 373 g/mol. The van der Waals surface area contributed by atoms with E-state index in [4.69, 9.17) is 4.74 Å². The van der Waals surface area contributed by atoms with E-state index in [0.717, 1.165) is 4.47 Å². The van der Waals surface area contributed by atoms with Crippen molar-refractivity contribution >= 4 is 33.5 Å². The lowest BCUT2D eigenvalue weighted by atomic mass is 10.1. The van der Waals surface area contributed by atoms with Gasteiger partial charge in [0.15, 0.2) is 17.4 Å². The minimum atomic E-state index is -0.950. The van der Waals surface area contributed by atoms with E-state index in [-0.39, 0.29) is 11.3 Å². The molecule has 2 aromatic rings. The lowest BCUT2D eigenvalue weighted by molar-refractivity contribution is -0.141. The third-order valence-corrected chi connectivity index (χ3v) is 3.89. The van der Waals surface area contributed by atoms with Crippen LogP contribution in [0.4, 0.5) is 5.69 Å². The molecule has 0 aromatic heterocycles. The number of anilines is 1. The molecule has 116 valence electrons. The molecule has 1 amide bonds. The summed E-state index contributed by atoms with van der Waals surface area (Å²) in [5, 5.41) is 12.8. The molecule has 0 spiro atoms. The van der Waals surface area contributed by atoms with Crippen LogP contribution in [0.5, 0.6) is 0 Å². The minimum Gasteiger partial charge on any atom is -0.507 e. The van der Waals surface area contributed by atoms with Gasteiger partial charge in [-0.05, 0) is 24.3 Å². The second-order valence-electron chi connectivity index (χ2n) is 4.92. The number of halogens is 1. The van der Waals surface area contributed by atoms with E-state index >= 15 is 0 Å². The number of esters is 1. The van der Waals surface area contributed by atoms with Gasteiger partial charge in [-0.1, -0.05) is 46.3 Å². The first-order chi connectivity index (χ1) is 11.1. The highest BCUT2D eigenvalue weighted by molar-refractivity contribution is 9.10. The quantitative estimate of drug-likeness (QED) is 0.637. The Morgan fingerprint density at radius 3 is 2.39 bits per heavy atom. The van der Waals surface area contributed by atoms with Gasteiger partial charge in [-0.15, -0.1) is 0 Å². The Morgan fingerprint density at radius 2 is 1.74 bits per heavy atom. The highest BCUT2D eigenvalue weighted by atomic mass is 79.9. The van der Waals surface area contributed by atoms with E-state index < -0.39 is 18.0 Å². The maximum Gasteiger partial charge on any atom is 0.348 e. The van der Waals surface area contributed by atoms with Crippen molar-refractivity contribution in [3.8, 4) is 0 Å². The first-order valence-electron chi connectivity index (χ1n) is 6.82. The number of hydrogen-bond acceptors (Lipinski definition) is 4. The Hall–Kier alpha value is -2.60. The SMILES string of the molecule is O=C(Nc1ccc(Br)cc1)C1=C(O)C(c2ccccc2)OC1=O. The van der Waals surface area contributed by atoms with E-state index in [1.165, 1.54) is 0 Å². The lowest BCUT2D eigenvalue weighted by Gasteiger charge is -2.09. The van der Waals surface area contributed by atoms with Gasteiger partial charge in [-0.3, -0.25) is 4.79 Å². The second-order valence-corrected chi connectivity index (χ2v) is 5.83. The molecule has 1 unspecified atom stereocenters. The van der Waals surface area contributed by atoms with Crippen molar-refractivity contribution in [1.82, 2.24) is 0 Å². The summed E-state index contributed by atoms with van der Waals surface area (Å²) in [6.07, 6.45) is -0.950. The number of aliphatic hydroxyl groups excluding tert-OH is 1. The molecular weight excluding hydrogens is 362 g/mol. The van der Waals surface area contributed by atoms with Crippen LogP contribution in [-0.4, -0.2) is 17.0 Å². The molecule has 0 radical (unpaired) electrons. The standard InChI is InChI=1S/C17H12BrNO4/c18-11-6-8-12(9-7-11)19-16(21)13-14(20)15(23-17(13)22)10-4-2-1-3-5-10/h1-9,15,20H,(H,19,21). The van der Waals surface area contributed by atoms with E-state index in [9.17, 15) is 14.7 Å². The zero-order chi connectivity index (χ0) is 16.4. The molecule has 5 nitrogen and oxygen atoms in total. The van der Waals surface area contributed by atoms with Crippen LogP contribution >= 0.6 is 15.9 Å². The van der Waals surface area contributed by atoms with Crippen molar-refractivity contribution in [3.63, 3.8) is 0 Å². The summed E-state index contributed by atoms with van der Waals surface area (Å²) in [4.78, 5) is 24.2. The largest absolute Gasteiger partial charge is 0.507 e. The Labute approximate surface area is 140 Å². The zero-order valence-corrected chi connectivity index (χ0v) is 13.4. The highest BCUT2D eigenvalue weighted by Crippen LogP contribution is 2.33. The Bertz CT molecular complexity index is 784. The van der Waals surface area contributed by atoms with Crippen LogP contribution in [-0.2, 0) is 14.3 Å². The van der Waals surface area contributed by atoms with Crippen molar-refractivity contribution in [2.75, 3.05) is 5.32 Å². The van der Waals surface area contributed by atoms with Crippen LogP contribution in [0.25, 0.3) is 0 Å². The molecule has 0 fully saturated rings. The highest BCUT2D eigenvalue weighted by Gasteiger charge is 2.39. The van der Waals surface area contributed by atoms with Crippen LogP contribution in [0.15, 0.2) is 70.4 Å². The Kier molecular flexibility index (Phi) is 4.16. The maximum atomic E-state index is 12.3. The predicted octanol–water partition coefficient (Wildman–Crippen LogP) is 3.50. The summed E-state index contributed by atoms with van der Waals surface area (Å²) in [5.41, 5.74) is 0.737. The molecule has 6 heteroatoms. The molecule has 23 heavy (non-hydrogen) atoms. The fraction of sp³-hybridized carbons (Fsp3) is 0.0588. The summed E-state index contributed by atoms with van der Waals surface area (Å²) < 4.78 is 5.98. The van der Waals surface area contributed by atoms with Gasteiger partial charge < -0.3 is 15.2 Å². The molecule has 3 rings (SSSR count). The van der Waals surface area contributed by atoms with Crippen LogP contribution in [0.3, 0.4) is 0 Å². The van der Waals surface area contributed by atoms with Crippen molar-refractivity contribution in [3.05, 3.63) is 76.0 Å². The van der Waals surface area contributed by atoms with Crippen LogP contribution in [0, 0.1) is 0 Å². The van der Waals surface area contributed by atoms with Crippen LogP contribution in [0.1, 0.15) is 11.7 Å². The number of carbonyl (C=O) groups excluding carboxylic acids is 2. The zero-order valence-electron chi connectivity index (χ0n) is 11.8. The number of nitrogens with one attached hydrogen (secondary N) is 1. The molecule has 1 heterocycles. The van der Waals surface area contributed by atoms with Crippen LogP contribution < -0.4 is 5.32 Å². The topological polar surface area (TPSA) is 75.6 Å². The van der Waals surface area contributed by atoms with Gasteiger partial charge in [-0.2, -0.15) is 0 Å². The second kappa shape index (κ2) is 6.26. The van der Waals surface area contributed by atoms with Crippen molar-refractivity contribution in [2.24, 2.45) is 0 Å². The van der Waals surface area contributed by atoms with Gasteiger partial charge in [0.2, 0.25) is 0 Å². The third-order valence-electron chi connectivity index (χ3n) is 3.36. The fourth-order valence-corrected chi connectivity index (χ4v) is 2.51. The average molecular weight is 374 g/mol. The summed E-state index contributed by atoms with van der Waals surface area (Å²) in [6, 6.07) is 15.6. The fourth-order valence-electron chi connectivity index (χ4n) is 2.25. The number of rotatable bonds is 3. The number of hydrogen-bond donors (Lipinski definition) is 2. The molecule has 1 aliphatic heterocycles. The van der Waals surface area contributed by atoms with Crippen molar-refractivity contribution in [1.29, 1.82) is 0 Å². The van der Waals surface area contributed by atoms with Gasteiger partial charge in [0.05, 0.1) is 0 Å². The molecular formula is C17H12BrNO4. The van der Waals surface area contributed by atoms with Gasteiger partial charge in [-0.25, -0.2) is 4.79 Å². The van der Waals surface area contributed by atoms with Gasteiger partial charge in [0, 0.05) is 15.7 Å². The summed E-state index contributed by atoms with van der Waals surface area (Å²) >= 11 is 3.29. The van der Waals surface area contributed by atoms with Crippen molar-refractivity contribution in [2.45, 2.75) is 6.10 Å². The summed E-state index contributed by atoms with van der Waals surface area (Å²) in [5.74, 6) is -1.92. The van der Waals surface area contributed by atoms with Crippen LogP contribution in [0.2, 0.25) is 0 Å². The van der Waals surface area contributed by atoms with Gasteiger partial charge >= 0.3 is 5.97 Å². The Balaban J connectivity index is 1.85. The number of aliphatic hydroxyl groups is 1. The number of ether oxygens (including phenoxy) is 1. The number of cyclic esters (lactones) is 1. The molecule has 0 bridgehead atoms.